The van der Waals surface area contributed by atoms with Gasteiger partial charge < -0.3 is 10.1 Å². The van der Waals surface area contributed by atoms with Crippen molar-refractivity contribution in [1.29, 1.82) is 0 Å². The molecule has 0 aliphatic heterocycles. The van der Waals surface area contributed by atoms with Gasteiger partial charge in [-0.1, -0.05) is 18.2 Å². The first-order chi connectivity index (χ1) is 11.3. The number of nitrogens with one attached hydrogen (secondary N) is 2. The van der Waals surface area contributed by atoms with Crippen molar-refractivity contribution >= 4 is 21.9 Å². The van der Waals surface area contributed by atoms with Crippen LogP contribution in [0.15, 0.2) is 54.5 Å². The molecule has 1 aromatic rings. The molecule has 0 radical (unpaired) electrons. The molecule has 0 fully saturated rings. The highest BCUT2D eigenvalue weighted by Crippen LogP contribution is 2.13. The zero-order valence-electron chi connectivity index (χ0n) is 13.3. The summed E-state index contributed by atoms with van der Waals surface area (Å²) >= 11 is 0. The Morgan fingerprint density at radius 3 is 2.54 bits per heavy atom. The molecule has 0 bridgehead atoms. The minimum Gasteiger partial charge on any atom is -0.449 e. The van der Waals surface area contributed by atoms with Gasteiger partial charge in [0.05, 0.1) is 10.5 Å². The molecular weight excluding hydrogens is 332 g/mol. The standard InChI is InChI=1S/C16H20N2O5S/c1-4-9-17-15(19)12(3)23-16(20)13-7-6-8-14(11-13)24(21,22)18-10-5-2/h4-8,11-12,18H,1-2,9-10H2,3H3,(H,17,19)/t12-/m1/s1. The summed E-state index contributed by atoms with van der Waals surface area (Å²) in [6, 6.07) is 5.36. The molecule has 8 heteroatoms. The van der Waals surface area contributed by atoms with Crippen LogP contribution in [0.4, 0.5) is 0 Å². The lowest BCUT2D eigenvalue weighted by atomic mass is 10.2. The van der Waals surface area contributed by atoms with Crippen LogP contribution in [0.1, 0.15) is 17.3 Å². The normalized spacial score (nSPS) is 12.0. The fourth-order valence-electron chi connectivity index (χ4n) is 1.64. The molecule has 0 aliphatic rings. The number of amides is 1. The van der Waals surface area contributed by atoms with Gasteiger partial charge in [0.15, 0.2) is 6.10 Å². The first kappa shape index (κ1) is 19.6. The van der Waals surface area contributed by atoms with Crippen LogP contribution < -0.4 is 10.0 Å². The van der Waals surface area contributed by atoms with Gasteiger partial charge in [-0.05, 0) is 25.1 Å². The van der Waals surface area contributed by atoms with Crippen LogP contribution in [0.3, 0.4) is 0 Å². The summed E-state index contributed by atoms with van der Waals surface area (Å²) in [5.41, 5.74) is 0.0276. The molecule has 0 spiro atoms. The second kappa shape index (κ2) is 8.99. The third-order valence-corrected chi connectivity index (χ3v) is 4.29. The van der Waals surface area contributed by atoms with E-state index < -0.39 is 28.0 Å². The number of carbonyl (C=O) groups excluding carboxylic acids is 2. The zero-order valence-corrected chi connectivity index (χ0v) is 14.1. The molecule has 1 rings (SSSR count). The summed E-state index contributed by atoms with van der Waals surface area (Å²) in [5, 5.41) is 2.50. The highest BCUT2D eigenvalue weighted by atomic mass is 32.2. The van der Waals surface area contributed by atoms with Crippen LogP contribution in [0.25, 0.3) is 0 Å². The van der Waals surface area contributed by atoms with Crippen molar-refractivity contribution in [2.75, 3.05) is 13.1 Å². The second-order valence-corrected chi connectivity index (χ2v) is 6.52. The molecule has 0 aromatic heterocycles. The van der Waals surface area contributed by atoms with Crippen LogP contribution in [-0.4, -0.2) is 39.5 Å². The summed E-state index contributed by atoms with van der Waals surface area (Å²) in [4.78, 5) is 23.7. The number of carbonyl (C=O) groups is 2. The maximum atomic E-state index is 12.1. The van der Waals surface area contributed by atoms with Gasteiger partial charge >= 0.3 is 5.97 Å². The molecule has 24 heavy (non-hydrogen) atoms. The average molecular weight is 352 g/mol. The van der Waals surface area contributed by atoms with Gasteiger partial charge in [-0.15, -0.1) is 13.2 Å². The minimum atomic E-state index is -3.75. The topological polar surface area (TPSA) is 102 Å². The van der Waals surface area contributed by atoms with Gasteiger partial charge in [-0.25, -0.2) is 17.9 Å². The second-order valence-electron chi connectivity index (χ2n) is 4.75. The molecular formula is C16H20N2O5S. The summed E-state index contributed by atoms with van der Waals surface area (Å²) in [7, 11) is -3.75. The number of sulfonamides is 1. The van der Waals surface area contributed by atoms with Gasteiger partial charge in [0.2, 0.25) is 10.0 Å². The van der Waals surface area contributed by atoms with Gasteiger partial charge in [-0.2, -0.15) is 0 Å². The molecule has 0 heterocycles. The van der Waals surface area contributed by atoms with Crippen LogP contribution in [0, 0.1) is 0 Å². The lowest BCUT2D eigenvalue weighted by molar-refractivity contribution is -0.128. The van der Waals surface area contributed by atoms with Gasteiger partial charge in [0, 0.05) is 13.1 Å². The monoisotopic (exact) mass is 352 g/mol. The first-order valence-electron chi connectivity index (χ1n) is 7.12. The molecule has 2 N–H and O–H groups in total. The number of esters is 1. The van der Waals surface area contributed by atoms with E-state index in [0.29, 0.717) is 0 Å². The third-order valence-electron chi connectivity index (χ3n) is 2.87. The van der Waals surface area contributed by atoms with E-state index in [1.165, 1.54) is 43.3 Å². The Balaban J connectivity index is 2.85. The average Bonchev–Trinajstić information content (AvgIpc) is 2.57. The van der Waals surface area contributed by atoms with E-state index in [1.807, 2.05) is 0 Å². The maximum Gasteiger partial charge on any atom is 0.338 e. The predicted molar refractivity (Wildman–Crippen MR) is 89.9 cm³/mol. The lowest BCUT2D eigenvalue weighted by Crippen LogP contribution is -2.35. The molecule has 1 amide bonds. The maximum absolute atomic E-state index is 12.1. The molecule has 7 nitrogen and oxygen atoms in total. The number of ether oxygens (including phenoxy) is 1. The highest BCUT2D eigenvalue weighted by Gasteiger charge is 2.20. The quantitative estimate of drug-likeness (QED) is 0.510. The van der Waals surface area contributed by atoms with Crippen molar-refractivity contribution in [3.05, 3.63) is 55.1 Å². The number of hydrogen-bond donors (Lipinski definition) is 2. The Morgan fingerprint density at radius 1 is 1.25 bits per heavy atom. The Labute approximate surface area is 141 Å². The van der Waals surface area contributed by atoms with E-state index in [2.05, 4.69) is 23.2 Å². The van der Waals surface area contributed by atoms with Crippen molar-refractivity contribution in [1.82, 2.24) is 10.0 Å². The van der Waals surface area contributed by atoms with Gasteiger partial charge in [-0.3, -0.25) is 4.79 Å². The first-order valence-corrected chi connectivity index (χ1v) is 8.60. The van der Waals surface area contributed by atoms with Crippen molar-refractivity contribution in [3.63, 3.8) is 0 Å². The SMILES string of the molecule is C=CCNC(=O)[C@@H](C)OC(=O)c1cccc(S(=O)(=O)NCC=C)c1. The molecule has 1 atom stereocenters. The minimum absolute atomic E-state index is 0.0276. The van der Waals surface area contributed by atoms with E-state index in [9.17, 15) is 18.0 Å². The summed E-state index contributed by atoms with van der Waals surface area (Å²) in [5.74, 6) is -1.27. The molecule has 0 unspecified atom stereocenters. The van der Waals surface area contributed by atoms with E-state index in [1.54, 1.807) is 0 Å². The fourth-order valence-corrected chi connectivity index (χ4v) is 2.68. The Hall–Kier alpha value is -2.45. The van der Waals surface area contributed by atoms with Gasteiger partial charge in [0.1, 0.15) is 0 Å². The fraction of sp³-hybridized carbons (Fsp3) is 0.250. The van der Waals surface area contributed by atoms with Crippen molar-refractivity contribution in [2.24, 2.45) is 0 Å². The largest absolute Gasteiger partial charge is 0.449 e. The predicted octanol–water partition coefficient (Wildman–Crippen LogP) is 0.998. The Morgan fingerprint density at radius 2 is 1.92 bits per heavy atom. The van der Waals surface area contributed by atoms with Crippen molar-refractivity contribution < 1.29 is 22.7 Å². The van der Waals surface area contributed by atoms with Crippen molar-refractivity contribution in [3.8, 4) is 0 Å². The molecule has 130 valence electrons. The van der Waals surface area contributed by atoms with Crippen molar-refractivity contribution in [2.45, 2.75) is 17.9 Å². The number of rotatable bonds is 9. The Bertz CT molecular complexity index is 728. The molecule has 0 saturated carbocycles. The summed E-state index contributed by atoms with van der Waals surface area (Å²) in [6.45, 7) is 8.63. The number of benzene rings is 1. The third kappa shape index (κ3) is 5.64. The lowest BCUT2D eigenvalue weighted by Gasteiger charge is -2.13. The van der Waals surface area contributed by atoms with E-state index >= 15 is 0 Å². The summed E-state index contributed by atoms with van der Waals surface area (Å²) < 4.78 is 31.4. The van der Waals surface area contributed by atoms with Crippen LogP contribution in [0.2, 0.25) is 0 Å². The van der Waals surface area contributed by atoms with Crippen LogP contribution in [-0.2, 0) is 19.6 Å². The van der Waals surface area contributed by atoms with Gasteiger partial charge in [0.25, 0.3) is 5.91 Å². The smallest absolute Gasteiger partial charge is 0.338 e. The Kier molecular flexibility index (Phi) is 7.34. The van der Waals surface area contributed by atoms with Crippen LogP contribution >= 0.6 is 0 Å². The van der Waals surface area contributed by atoms with E-state index in [4.69, 9.17) is 4.74 Å². The highest BCUT2D eigenvalue weighted by molar-refractivity contribution is 7.89. The molecule has 1 aromatic carbocycles. The molecule has 0 saturated heterocycles. The number of hydrogen-bond acceptors (Lipinski definition) is 5. The zero-order chi connectivity index (χ0) is 18.2. The van der Waals surface area contributed by atoms with E-state index in [0.717, 1.165) is 0 Å². The van der Waals surface area contributed by atoms with Crippen LogP contribution in [0.5, 0.6) is 0 Å². The van der Waals surface area contributed by atoms with E-state index in [-0.39, 0.29) is 23.5 Å². The summed E-state index contributed by atoms with van der Waals surface area (Å²) in [6.07, 6.45) is 1.88. The molecule has 0 aliphatic carbocycles.